The third-order valence-corrected chi connectivity index (χ3v) is 8.74. The maximum absolute atomic E-state index is 12.9. The monoisotopic (exact) mass is 481 g/mol. The van der Waals surface area contributed by atoms with Crippen LogP contribution in [-0.4, -0.2) is 57.8 Å². The van der Waals surface area contributed by atoms with Crippen LogP contribution in [0.4, 0.5) is 0 Å². The van der Waals surface area contributed by atoms with Gasteiger partial charge in [-0.1, -0.05) is 29.8 Å². The minimum atomic E-state index is -3.73. The lowest BCUT2D eigenvalue weighted by molar-refractivity contribution is -0.124. The van der Waals surface area contributed by atoms with Crippen LogP contribution in [0.2, 0.25) is 5.02 Å². The summed E-state index contributed by atoms with van der Waals surface area (Å²) >= 11 is 5.93. The predicted octanol–water partition coefficient (Wildman–Crippen LogP) is 1.84. The molecule has 1 spiro atoms. The van der Waals surface area contributed by atoms with E-state index in [0.29, 0.717) is 16.4 Å². The van der Waals surface area contributed by atoms with Crippen molar-refractivity contribution in [3.63, 3.8) is 0 Å². The molecule has 2 aromatic carbocycles. The number of carbonyl (C=O) groups is 1. The van der Waals surface area contributed by atoms with Gasteiger partial charge in [0.25, 0.3) is 5.91 Å². The molecule has 2 heterocycles. The molecule has 0 aromatic heterocycles. The Labute approximate surface area is 185 Å². The second-order valence-electron chi connectivity index (χ2n) is 7.61. The van der Waals surface area contributed by atoms with E-state index in [1.54, 1.807) is 24.3 Å². The van der Waals surface area contributed by atoms with Crippen molar-refractivity contribution in [2.45, 2.75) is 28.2 Å². The normalized spacial score (nSPS) is 19.3. The fourth-order valence-corrected chi connectivity index (χ4v) is 6.15. The van der Waals surface area contributed by atoms with Crippen molar-refractivity contribution in [3.05, 3.63) is 59.1 Å². The van der Waals surface area contributed by atoms with E-state index >= 15 is 0 Å². The van der Waals surface area contributed by atoms with Crippen LogP contribution in [0, 0.1) is 0 Å². The lowest BCUT2D eigenvalue weighted by Gasteiger charge is -2.34. The van der Waals surface area contributed by atoms with Crippen molar-refractivity contribution in [1.29, 1.82) is 0 Å². The summed E-state index contributed by atoms with van der Waals surface area (Å²) < 4.78 is 50.8. The van der Waals surface area contributed by atoms with Gasteiger partial charge in [0.2, 0.25) is 10.0 Å². The van der Waals surface area contributed by atoms with Gasteiger partial charge in [0.05, 0.1) is 9.79 Å². The minimum absolute atomic E-state index is 0.105. The third kappa shape index (κ3) is 4.12. The Bertz CT molecular complexity index is 1300. The molecule has 2 aliphatic heterocycles. The lowest BCUT2D eigenvalue weighted by Crippen LogP contribution is -2.50. The summed E-state index contributed by atoms with van der Waals surface area (Å²) in [4.78, 5) is 17.6. The Balaban J connectivity index is 1.57. The molecule has 0 aliphatic carbocycles. The number of hydrogen-bond acceptors (Lipinski definition) is 6. The second kappa shape index (κ2) is 7.70. The first kappa shape index (κ1) is 21.9. The van der Waals surface area contributed by atoms with Crippen LogP contribution in [0.3, 0.4) is 0 Å². The van der Waals surface area contributed by atoms with Gasteiger partial charge in [-0.15, -0.1) is 0 Å². The first-order chi connectivity index (χ1) is 14.5. The number of sulfone groups is 1. The second-order valence-corrected chi connectivity index (χ2v) is 12.0. The van der Waals surface area contributed by atoms with E-state index < -0.39 is 25.4 Å². The van der Waals surface area contributed by atoms with Crippen molar-refractivity contribution in [2.75, 3.05) is 19.3 Å². The van der Waals surface area contributed by atoms with Crippen LogP contribution in [-0.2, 0) is 24.7 Å². The standard InChI is InChI=1S/C20H20ClN3O5S2/c1-30(26,27)16-6-2-4-14(12-16)18-22-19(25)20(23-18)8-10-24(11-9-20)31(28,29)17-7-3-5-15(21)13-17/h2-7,12-13H,8-11H2,1H3,(H,22,23,25). The molecule has 8 nitrogen and oxygen atoms in total. The zero-order valence-electron chi connectivity index (χ0n) is 16.6. The molecule has 0 saturated carbocycles. The molecule has 1 fully saturated rings. The summed E-state index contributed by atoms with van der Waals surface area (Å²) in [6.07, 6.45) is 1.54. The molecule has 31 heavy (non-hydrogen) atoms. The Morgan fingerprint density at radius 2 is 1.65 bits per heavy atom. The smallest absolute Gasteiger partial charge is 0.253 e. The van der Waals surface area contributed by atoms with Crippen LogP contribution in [0.25, 0.3) is 0 Å². The summed E-state index contributed by atoms with van der Waals surface area (Å²) in [6.45, 7) is 0.255. The molecule has 0 radical (unpaired) electrons. The molecule has 11 heteroatoms. The van der Waals surface area contributed by atoms with Gasteiger partial charge in [-0.05, 0) is 43.2 Å². The van der Waals surface area contributed by atoms with E-state index in [1.807, 2.05) is 0 Å². The van der Waals surface area contributed by atoms with E-state index in [-0.39, 0.29) is 41.6 Å². The molecule has 1 N–H and O–H groups in total. The number of piperidine rings is 1. The van der Waals surface area contributed by atoms with Gasteiger partial charge in [0.15, 0.2) is 9.84 Å². The number of halogens is 1. The number of rotatable bonds is 4. The highest BCUT2D eigenvalue weighted by atomic mass is 35.5. The third-order valence-electron chi connectivity index (χ3n) is 5.50. The van der Waals surface area contributed by atoms with E-state index in [2.05, 4.69) is 10.3 Å². The van der Waals surface area contributed by atoms with E-state index in [1.165, 1.54) is 28.6 Å². The van der Waals surface area contributed by atoms with Crippen molar-refractivity contribution in [1.82, 2.24) is 9.62 Å². The number of amidine groups is 1. The van der Waals surface area contributed by atoms with Crippen LogP contribution >= 0.6 is 11.6 Å². The molecule has 1 amide bonds. The molecular formula is C20H20ClN3O5S2. The number of nitrogens with one attached hydrogen (secondary N) is 1. The van der Waals surface area contributed by atoms with Crippen molar-refractivity contribution < 1.29 is 21.6 Å². The Morgan fingerprint density at radius 1 is 1.00 bits per heavy atom. The van der Waals surface area contributed by atoms with E-state index in [4.69, 9.17) is 11.6 Å². The lowest BCUT2D eigenvalue weighted by atomic mass is 9.89. The first-order valence-corrected chi connectivity index (χ1v) is 13.2. The van der Waals surface area contributed by atoms with E-state index in [0.717, 1.165) is 6.26 Å². The van der Waals surface area contributed by atoms with Crippen LogP contribution < -0.4 is 5.32 Å². The fraction of sp³-hybridized carbons (Fsp3) is 0.300. The van der Waals surface area contributed by atoms with Crippen LogP contribution in [0.5, 0.6) is 0 Å². The van der Waals surface area contributed by atoms with Crippen LogP contribution in [0.1, 0.15) is 18.4 Å². The average molecular weight is 482 g/mol. The highest BCUT2D eigenvalue weighted by Gasteiger charge is 2.47. The molecule has 1 saturated heterocycles. The van der Waals surface area contributed by atoms with Crippen LogP contribution in [0.15, 0.2) is 63.3 Å². The molecule has 2 aliphatic rings. The maximum Gasteiger partial charge on any atom is 0.253 e. The quantitative estimate of drug-likeness (QED) is 0.715. The number of hydrogen-bond donors (Lipinski definition) is 1. The molecule has 164 valence electrons. The van der Waals surface area contributed by atoms with Crippen molar-refractivity contribution in [3.8, 4) is 0 Å². The zero-order valence-corrected chi connectivity index (χ0v) is 19.0. The fourth-order valence-electron chi connectivity index (χ4n) is 3.74. The highest BCUT2D eigenvalue weighted by molar-refractivity contribution is 7.90. The van der Waals surface area contributed by atoms with Crippen molar-refractivity contribution >= 4 is 43.2 Å². The molecule has 0 atom stereocenters. The SMILES string of the molecule is CS(=O)(=O)c1cccc(C2=NC3(CCN(S(=O)(=O)c4cccc(Cl)c4)CC3)C(=O)N2)c1. The highest BCUT2D eigenvalue weighted by Crippen LogP contribution is 2.33. The Kier molecular flexibility index (Phi) is 5.45. The van der Waals surface area contributed by atoms with Gasteiger partial charge >= 0.3 is 0 Å². The molecule has 0 unspecified atom stereocenters. The largest absolute Gasteiger partial charge is 0.308 e. The molecule has 2 aromatic rings. The maximum atomic E-state index is 12.9. The molecule has 4 rings (SSSR count). The Morgan fingerprint density at radius 3 is 2.29 bits per heavy atom. The topological polar surface area (TPSA) is 113 Å². The number of nitrogens with zero attached hydrogens (tertiary/aromatic N) is 2. The average Bonchev–Trinajstić information content (AvgIpc) is 3.04. The Hall–Kier alpha value is -2.27. The minimum Gasteiger partial charge on any atom is -0.308 e. The van der Waals surface area contributed by atoms with Gasteiger partial charge in [-0.25, -0.2) is 16.8 Å². The molecular weight excluding hydrogens is 462 g/mol. The summed E-state index contributed by atoms with van der Waals surface area (Å²) in [5, 5.41) is 3.06. The number of carbonyl (C=O) groups excluding carboxylic acids is 1. The number of amides is 1. The first-order valence-electron chi connectivity index (χ1n) is 9.49. The summed E-state index contributed by atoms with van der Waals surface area (Å²) in [6, 6.07) is 12.3. The van der Waals surface area contributed by atoms with Gasteiger partial charge in [-0.2, -0.15) is 4.31 Å². The summed E-state index contributed by atoms with van der Waals surface area (Å²) in [5.41, 5.74) is -0.585. The predicted molar refractivity (Wildman–Crippen MR) is 116 cm³/mol. The van der Waals surface area contributed by atoms with Gasteiger partial charge in [0, 0.05) is 29.9 Å². The van der Waals surface area contributed by atoms with E-state index in [9.17, 15) is 21.6 Å². The van der Waals surface area contributed by atoms with Gasteiger partial charge < -0.3 is 5.32 Å². The van der Waals surface area contributed by atoms with Gasteiger partial charge in [0.1, 0.15) is 11.4 Å². The number of sulfonamides is 1. The molecule has 0 bridgehead atoms. The summed E-state index contributed by atoms with van der Waals surface area (Å²) in [7, 11) is -7.14. The number of benzene rings is 2. The summed E-state index contributed by atoms with van der Waals surface area (Å²) in [5.74, 6) is -0.0197. The van der Waals surface area contributed by atoms with Gasteiger partial charge in [-0.3, -0.25) is 9.79 Å². The zero-order chi connectivity index (χ0) is 22.4. The van der Waals surface area contributed by atoms with Crippen molar-refractivity contribution in [2.24, 2.45) is 4.99 Å². The number of aliphatic imine (C=N–C) groups is 1.